The minimum absolute atomic E-state index is 0.258. The molecule has 1 rings (SSSR count). The second kappa shape index (κ2) is 6.12. The quantitative estimate of drug-likeness (QED) is 0.816. The van der Waals surface area contributed by atoms with Gasteiger partial charge in [0, 0.05) is 6.54 Å². The van der Waals surface area contributed by atoms with Gasteiger partial charge in [-0.15, -0.1) is 0 Å². The van der Waals surface area contributed by atoms with E-state index in [2.05, 4.69) is 5.32 Å². The zero-order valence-electron chi connectivity index (χ0n) is 8.83. The third kappa shape index (κ3) is 3.55. The molecule has 0 aliphatic heterocycles. The summed E-state index contributed by atoms with van der Waals surface area (Å²) in [6, 6.07) is 6.52. The Labute approximate surface area is 98.5 Å². The number of carbonyl (C=O) groups is 2. The first kappa shape index (κ1) is 12.5. The van der Waals surface area contributed by atoms with E-state index in [9.17, 15) is 9.59 Å². The Balaban J connectivity index is 2.54. The lowest BCUT2D eigenvalue weighted by atomic mass is 10.2. The van der Waals surface area contributed by atoms with Crippen molar-refractivity contribution in [2.24, 2.45) is 0 Å². The van der Waals surface area contributed by atoms with Crippen molar-refractivity contribution in [1.29, 1.82) is 0 Å². The average molecular weight is 242 g/mol. The number of hydrogen-bond donors (Lipinski definition) is 1. The van der Waals surface area contributed by atoms with Crippen molar-refractivity contribution in [3.63, 3.8) is 0 Å². The summed E-state index contributed by atoms with van der Waals surface area (Å²) < 4.78 is 4.79. The molecule has 16 heavy (non-hydrogen) atoms. The van der Waals surface area contributed by atoms with E-state index >= 15 is 0 Å². The van der Waals surface area contributed by atoms with Gasteiger partial charge in [0.05, 0.1) is 10.6 Å². The van der Waals surface area contributed by atoms with Gasteiger partial charge in [0.1, 0.15) is 0 Å². The molecule has 0 aromatic heterocycles. The normalized spacial score (nSPS) is 9.62. The van der Waals surface area contributed by atoms with Crippen LogP contribution in [0.1, 0.15) is 17.3 Å². The molecule has 1 amide bonds. The molecule has 1 N–H and O–H groups in total. The minimum atomic E-state index is -0.600. The molecule has 86 valence electrons. The zero-order chi connectivity index (χ0) is 12.0. The van der Waals surface area contributed by atoms with Crippen LogP contribution >= 0.6 is 11.6 Å². The van der Waals surface area contributed by atoms with E-state index in [1.807, 2.05) is 0 Å². The molecule has 0 atom stereocenters. The number of amides is 1. The predicted octanol–water partition coefficient (Wildman–Crippen LogP) is 1.63. The van der Waals surface area contributed by atoms with Gasteiger partial charge in [0.25, 0.3) is 5.91 Å². The highest BCUT2D eigenvalue weighted by Crippen LogP contribution is 2.15. The molecule has 0 saturated heterocycles. The molecule has 0 aliphatic carbocycles. The van der Waals surface area contributed by atoms with Gasteiger partial charge in [-0.1, -0.05) is 23.7 Å². The molecule has 0 radical (unpaired) electrons. The van der Waals surface area contributed by atoms with Gasteiger partial charge in [-0.3, -0.25) is 4.79 Å². The van der Waals surface area contributed by atoms with Gasteiger partial charge >= 0.3 is 5.97 Å². The van der Waals surface area contributed by atoms with Gasteiger partial charge in [-0.25, -0.2) is 4.79 Å². The molecule has 0 spiro atoms. The monoisotopic (exact) mass is 241 g/mol. The number of hydrogen-bond acceptors (Lipinski definition) is 3. The maximum atomic E-state index is 11.5. The third-order valence-corrected chi connectivity index (χ3v) is 2.13. The first-order chi connectivity index (χ1) is 7.65. The summed E-state index contributed by atoms with van der Waals surface area (Å²) in [4.78, 5) is 22.5. The molecule has 1 aromatic rings. The highest BCUT2D eigenvalue weighted by molar-refractivity contribution is 6.33. The number of halogens is 1. The fourth-order valence-corrected chi connectivity index (χ4v) is 1.30. The van der Waals surface area contributed by atoms with E-state index < -0.39 is 5.97 Å². The second-order valence-corrected chi connectivity index (χ2v) is 3.42. The van der Waals surface area contributed by atoms with E-state index in [1.54, 1.807) is 31.2 Å². The Morgan fingerprint density at radius 2 is 2.06 bits per heavy atom. The molecule has 4 nitrogen and oxygen atoms in total. The van der Waals surface area contributed by atoms with Crippen LogP contribution in [0.15, 0.2) is 24.3 Å². The third-order valence-electron chi connectivity index (χ3n) is 1.80. The first-order valence-corrected chi connectivity index (χ1v) is 5.21. The Kier molecular flexibility index (Phi) is 4.79. The fraction of sp³-hybridized carbons (Fsp3) is 0.273. The summed E-state index contributed by atoms with van der Waals surface area (Å²) in [5.74, 6) is -0.931. The Morgan fingerprint density at radius 3 is 2.69 bits per heavy atom. The lowest BCUT2D eigenvalue weighted by molar-refractivity contribution is -0.124. The van der Waals surface area contributed by atoms with Crippen LogP contribution in [-0.2, 0) is 9.53 Å². The molecular formula is C11H12ClNO3. The van der Waals surface area contributed by atoms with E-state index in [4.69, 9.17) is 16.3 Å². The largest absolute Gasteiger partial charge is 0.452 e. The van der Waals surface area contributed by atoms with Crippen molar-refractivity contribution in [2.45, 2.75) is 6.92 Å². The molecule has 5 heteroatoms. The molecule has 0 fully saturated rings. The van der Waals surface area contributed by atoms with Crippen molar-refractivity contribution in [3.05, 3.63) is 34.9 Å². The highest BCUT2D eigenvalue weighted by atomic mass is 35.5. The summed E-state index contributed by atoms with van der Waals surface area (Å²) in [6.07, 6.45) is 0. The number of likely N-dealkylation sites (N-methyl/N-ethyl adjacent to an activating group) is 1. The number of ether oxygens (including phenoxy) is 1. The summed E-state index contributed by atoms with van der Waals surface area (Å²) in [6.45, 7) is 1.99. The van der Waals surface area contributed by atoms with Gasteiger partial charge in [-0.2, -0.15) is 0 Å². The predicted molar refractivity (Wildman–Crippen MR) is 60.4 cm³/mol. The van der Waals surface area contributed by atoms with Crippen LogP contribution in [-0.4, -0.2) is 25.0 Å². The number of benzene rings is 1. The van der Waals surface area contributed by atoms with Crippen LogP contribution in [0.3, 0.4) is 0 Å². The lowest BCUT2D eigenvalue weighted by Gasteiger charge is -2.05. The first-order valence-electron chi connectivity index (χ1n) is 4.83. The maximum absolute atomic E-state index is 11.5. The van der Waals surface area contributed by atoms with Gasteiger partial charge in [0.15, 0.2) is 6.61 Å². The van der Waals surface area contributed by atoms with E-state index in [1.165, 1.54) is 0 Å². The van der Waals surface area contributed by atoms with E-state index in [0.717, 1.165) is 0 Å². The fourth-order valence-electron chi connectivity index (χ4n) is 1.08. The van der Waals surface area contributed by atoms with Crippen LogP contribution in [0, 0.1) is 0 Å². The van der Waals surface area contributed by atoms with Gasteiger partial charge in [-0.05, 0) is 19.1 Å². The van der Waals surface area contributed by atoms with Crippen LogP contribution < -0.4 is 5.32 Å². The van der Waals surface area contributed by atoms with Crippen molar-refractivity contribution in [2.75, 3.05) is 13.2 Å². The van der Waals surface area contributed by atoms with Gasteiger partial charge < -0.3 is 10.1 Å². The molecule has 1 aromatic carbocycles. The molecular weight excluding hydrogens is 230 g/mol. The molecule has 0 unspecified atom stereocenters. The average Bonchev–Trinajstić information content (AvgIpc) is 2.27. The highest BCUT2D eigenvalue weighted by Gasteiger charge is 2.12. The summed E-state index contributed by atoms with van der Waals surface area (Å²) >= 11 is 5.79. The number of esters is 1. The molecule has 0 saturated carbocycles. The number of nitrogens with one attached hydrogen (secondary N) is 1. The number of rotatable bonds is 4. The Bertz CT molecular complexity index is 393. The summed E-state index contributed by atoms with van der Waals surface area (Å²) in [7, 11) is 0. The zero-order valence-corrected chi connectivity index (χ0v) is 9.58. The van der Waals surface area contributed by atoms with E-state index in [0.29, 0.717) is 11.6 Å². The van der Waals surface area contributed by atoms with Gasteiger partial charge in [0.2, 0.25) is 0 Å². The Morgan fingerprint density at radius 1 is 1.38 bits per heavy atom. The molecule has 0 heterocycles. The van der Waals surface area contributed by atoms with Crippen LogP contribution in [0.2, 0.25) is 5.02 Å². The number of carbonyl (C=O) groups excluding carboxylic acids is 2. The van der Waals surface area contributed by atoms with Crippen molar-refractivity contribution in [3.8, 4) is 0 Å². The minimum Gasteiger partial charge on any atom is -0.452 e. The molecule has 0 aliphatic rings. The van der Waals surface area contributed by atoms with Crippen LogP contribution in [0.4, 0.5) is 0 Å². The Hall–Kier alpha value is -1.55. The summed E-state index contributed by atoms with van der Waals surface area (Å²) in [5.41, 5.74) is 0.258. The van der Waals surface area contributed by atoms with Crippen molar-refractivity contribution < 1.29 is 14.3 Å². The standard InChI is InChI=1S/C11H12ClNO3/c1-2-13-10(14)7-16-11(15)8-5-3-4-6-9(8)12/h3-6H,2,7H2,1H3,(H,13,14). The van der Waals surface area contributed by atoms with E-state index in [-0.39, 0.29) is 18.1 Å². The van der Waals surface area contributed by atoms with Crippen LogP contribution in [0.5, 0.6) is 0 Å². The SMILES string of the molecule is CCNC(=O)COC(=O)c1ccccc1Cl. The molecule has 0 bridgehead atoms. The lowest BCUT2D eigenvalue weighted by Crippen LogP contribution is -2.28. The maximum Gasteiger partial charge on any atom is 0.340 e. The van der Waals surface area contributed by atoms with Crippen LogP contribution in [0.25, 0.3) is 0 Å². The van der Waals surface area contributed by atoms with Crippen molar-refractivity contribution >= 4 is 23.5 Å². The second-order valence-electron chi connectivity index (χ2n) is 3.01. The topological polar surface area (TPSA) is 55.4 Å². The summed E-state index contributed by atoms with van der Waals surface area (Å²) in [5, 5.41) is 2.83. The van der Waals surface area contributed by atoms with Crippen molar-refractivity contribution in [1.82, 2.24) is 5.32 Å². The smallest absolute Gasteiger partial charge is 0.340 e.